The molecule has 1 N–H and O–H groups in total. The van der Waals surface area contributed by atoms with E-state index in [0.29, 0.717) is 12.1 Å². The summed E-state index contributed by atoms with van der Waals surface area (Å²) in [6.45, 7) is 13.2. The Labute approximate surface area is 132 Å². The van der Waals surface area contributed by atoms with Crippen LogP contribution in [0.3, 0.4) is 0 Å². The number of nitrogens with zero attached hydrogens (tertiary/aromatic N) is 1. The smallest absolute Gasteiger partial charge is 0.0897 e. The maximum absolute atomic E-state index is 4.33. The molecule has 21 heavy (non-hydrogen) atoms. The Morgan fingerprint density at radius 3 is 2.14 bits per heavy atom. The van der Waals surface area contributed by atoms with Crippen molar-refractivity contribution in [3.05, 3.63) is 51.5 Å². The van der Waals surface area contributed by atoms with Crippen LogP contribution in [0.5, 0.6) is 0 Å². The summed E-state index contributed by atoms with van der Waals surface area (Å²) in [5.74, 6) is 0. The molecule has 0 aliphatic heterocycles. The lowest BCUT2D eigenvalue weighted by Gasteiger charge is -2.22. The molecule has 0 saturated heterocycles. The van der Waals surface area contributed by atoms with E-state index in [-0.39, 0.29) is 5.41 Å². The molecule has 0 bridgehead atoms. The van der Waals surface area contributed by atoms with Crippen LogP contribution < -0.4 is 5.32 Å². The molecule has 3 heteroatoms. The Kier molecular flexibility index (Phi) is 4.84. The van der Waals surface area contributed by atoms with E-state index in [2.05, 4.69) is 76.1 Å². The van der Waals surface area contributed by atoms with Crippen molar-refractivity contribution in [1.29, 1.82) is 0 Å². The normalized spacial score (nSPS) is 15.0. The lowest BCUT2D eigenvalue weighted by Crippen LogP contribution is -2.22. The number of thiazole rings is 1. The van der Waals surface area contributed by atoms with E-state index in [1.807, 2.05) is 6.20 Å². The molecule has 0 spiro atoms. The van der Waals surface area contributed by atoms with Crippen molar-refractivity contribution in [2.75, 3.05) is 0 Å². The van der Waals surface area contributed by atoms with Crippen LogP contribution >= 0.6 is 11.3 Å². The lowest BCUT2D eigenvalue weighted by molar-refractivity contribution is 0.499. The zero-order valence-electron chi connectivity index (χ0n) is 13.9. The van der Waals surface area contributed by atoms with Crippen LogP contribution in [0.2, 0.25) is 0 Å². The van der Waals surface area contributed by atoms with E-state index in [1.165, 1.54) is 16.0 Å². The van der Waals surface area contributed by atoms with Crippen LogP contribution in [0.15, 0.2) is 30.5 Å². The van der Waals surface area contributed by atoms with Crippen molar-refractivity contribution in [2.45, 2.75) is 59.0 Å². The van der Waals surface area contributed by atoms with Crippen molar-refractivity contribution < 1.29 is 0 Å². The second-order valence-corrected chi connectivity index (χ2v) is 8.03. The SMILES string of the molecule is Cc1ncc([C@H](C)N[C@H](C)c2ccc(C(C)(C)C)cc2)s1. The van der Waals surface area contributed by atoms with E-state index >= 15 is 0 Å². The highest BCUT2D eigenvalue weighted by molar-refractivity contribution is 7.11. The number of rotatable bonds is 4. The molecule has 0 amide bonds. The van der Waals surface area contributed by atoms with Crippen LogP contribution in [0, 0.1) is 6.92 Å². The molecule has 2 nitrogen and oxygen atoms in total. The second-order valence-electron chi connectivity index (χ2n) is 6.76. The Morgan fingerprint density at radius 2 is 1.67 bits per heavy atom. The van der Waals surface area contributed by atoms with E-state index in [0.717, 1.165) is 5.01 Å². The van der Waals surface area contributed by atoms with Crippen LogP contribution in [-0.4, -0.2) is 4.98 Å². The summed E-state index contributed by atoms with van der Waals surface area (Å²) in [5.41, 5.74) is 2.92. The van der Waals surface area contributed by atoms with Gasteiger partial charge in [-0.05, 0) is 37.3 Å². The average Bonchev–Trinajstić information content (AvgIpc) is 2.84. The van der Waals surface area contributed by atoms with E-state index in [4.69, 9.17) is 0 Å². The van der Waals surface area contributed by atoms with Crippen molar-refractivity contribution >= 4 is 11.3 Å². The fourth-order valence-electron chi connectivity index (χ4n) is 2.40. The molecule has 0 aliphatic rings. The van der Waals surface area contributed by atoms with E-state index in [1.54, 1.807) is 11.3 Å². The van der Waals surface area contributed by atoms with Gasteiger partial charge in [0.2, 0.25) is 0 Å². The van der Waals surface area contributed by atoms with E-state index in [9.17, 15) is 0 Å². The Bertz CT molecular complexity index is 578. The predicted octanol–water partition coefficient (Wildman–Crippen LogP) is 5.16. The standard InChI is InChI=1S/C18H26N2S/c1-12(20-13(2)17-11-19-14(3)21-17)15-7-9-16(10-8-15)18(4,5)6/h7-13,20H,1-6H3/t12-,13+/m1/s1. The average molecular weight is 302 g/mol. The highest BCUT2D eigenvalue weighted by atomic mass is 32.1. The molecule has 1 heterocycles. The van der Waals surface area contributed by atoms with Gasteiger partial charge >= 0.3 is 0 Å². The van der Waals surface area contributed by atoms with Gasteiger partial charge in [0.15, 0.2) is 0 Å². The first-order valence-electron chi connectivity index (χ1n) is 7.56. The summed E-state index contributed by atoms with van der Waals surface area (Å²) in [4.78, 5) is 5.63. The molecule has 0 unspecified atom stereocenters. The molecule has 0 saturated carbocycles. The highest BCUT2D eigenvalue weighted by Crippen LogP contribution is 2.26. The van der Waals surface area contributed by atoms with Gasteiger partial charge in [-0.1, -0.05) is 45.0 Å². The fourth-order valence-corrected chi connectivity index (χ4v) is 3.20. The third kappa shape index (κ3) is 4.14. The van der Waals surface area contributed by atoms with Crippen LogP contribution in [-0.2, 0) is 5.41 Å². The summed E-state index contributed by atoms with van der Waals surface area (Å²) in [6.07, 6.45) is 1.98. The topological polar surface area (TPSA) is 24.9 Å². The molecule has 2 rings (SSSR count). The quantitative estimate of drug-likeness (QED) is 0.843. The first-order valence-corrected chi connectivity index (χ1v) is 8.38. The van der Waals surface area contributed by atoms with Crippen LogP contribution in [0.4, 0.5) is 0 Å². The minimum absolute atomic E-state index is 0.211. The largest absolute Gasteiger partial charge is 0.303 e. The monoisotopic (exact) mass is 302 g/mol. The van der Waals surface area contributed by atoms with Gasteiger partial charge < -0.3 is 5.32 Å². The number of aryl methyl sites for hydroxylation is 1. The summed E-state index contributed by atoms with van der Waals surface area (Å²) >= 11 is 1.77. The van der Waals surface area contributed by atoms with Gasteiger partial charge in [-0.2, -0.15) is 0 Å². The molecule has 2 aromatic rings. The first-order chi connectivity index (χ1) is 9.77. The van der Waals surface area contributed by atoms with Gasteiger partial charge in [0, 0.05) is 23.2 Å². The third-order valence-corrected chi connectivity index (χ3v) is 4.94. The molecule has 0 radical (unpaired) electrons. The second kappa shape index (κ2) is 6.29. The Morgan fingerprint density at radius 1 is 1.05 bits per heavy atom. The summed E-state index contributed by atoms with van der Waals surface area (Å²) in [6, 6.07) is 9.63. The summed E-state index contributed by atoms with van der Waals surface area (Å²) in [5, 5.41) is 4.78. The maximum atomic E-state index is 4.33. The van der Waals surface area contributed by atoms with Gasteiger partial charge in [-0.25, -0.2) is 4.98 Å². The molecule has 0 aliphatic carbocycles. The number of aromatic nitrogens is 1. The number of nitrogens with one attached hydrogen (secondary N) is 1. The van der Waals surface area contributed by atoms with Gasteiger partial charge in [-0.15, -0.1) is 11.3 Å². The van der Waals surface area contributed by atoms with Crippen LogP contribution in [0.25, 0.3) is 0 Å². The van der Waals surface area contributed by atoms with Crippen molar-refractivity contribution in [3.63, 3.8) is 0 Å². The van der Waals surface area contributed by atoms with Crippen molar-refractivity contribution in [2.24, 2.45) is 0 Å². The van der Waals surface area contributed by atoms with Gasteiger partial charge in [0.05, 0.1) is 5.01 Å². The van der Waals surface area contributed by atoms with Gasteiger partial charge in [0.1, 0.15) is 0 Å². The fraction of sp³-hybridized carbons (Fsp3) is 0.500. The number of hydrogen-bond acceptors (Lipinski definition) is 3. The summed E-state index contributed by atoms with van der Waals surface area (Å²) in [7, 11) is 0. The minimum Gasteiger partial charge on any atom is -0.303 e. The van der Waals surface area contributed by atoms with E-state index < -0.39 is 0 Å². The molecule has 114 valence electrons. The molecule has 0 fully saturated rings. The zero-order chi connectivity index (χ0) is 15.6. The van der Waals surface area contributed by atoms with Crippen molar-refractivity contribution in [3.8, 4) is 0 Å². The highest BCUT2D eigenvalue weighted by Gasteiger charge is 2.16. The predicted molar refractivity (Wildman–Crippen MR) is 92.0 cm³/mol. The van der Waals surface area contributed by atoms with Gasteiger partial charge in [0.25, 0.3) is 0 Å². The molecular weight excluding hydrogens is 276 g/mol. The Hall–Kier alpha value is -1.19. The summed E-state index contributed by atoms with van der Waals surface area (Å²) < 4.78 is 0. The Balaban J connectivity index is 2.04. The zero-order valence-corrected chi connectivity index (χ0v) is 14.7. The molecule has 1 aromatic heterocycles. The number of hydrogen-bond donors (Lipinski definition) is 1. The minimum atomic E-state index is 0.211. The van der Waals surface area contributed by atoms with Crippen LogP contribution in [0.1, 0.15) is 67.7 Å². The maximum Gasteiger partial charge on any atom is 0.0897 e. The van der Waals surface area contributed by atoms with Crippen molar-refractivity contribution in [1.82, 2.24) is 10.3 Å². The molecular formula is C18H26N2S. The molecule has 1 aromatic carbocycles. The molecule has 2 atom stereocenters. The third-order valence-electron chi connectivity index (χ3n) is 3.84. The van der Waals surface area contributed by atoms with Gasteiger partial charge in [-0.3, -0.25) is 0 Å². The first kappa shape index (κ1) is 16.2. The number of benzene rings is 1. The lowest BCUT2D eigenvalue weighted by atomic mass is 9.86.